The van der Waals surface area contributed by atoms with Gasteiger partial charge < -0.3 is 10.6 Å². The van der Waals surface area contributed by atoms with Gasteiger partial charge in [-0.25, -0.2) is 0 Å². The first-order valence-corrected chi connectivity index (χ1v) is 7.72. The standard InChI is InChI=1S/C16H19ClN2O2/c1-16(8-7-14(20)18-9-16)15(21)19-13-6-5-10-11(13)3-2-4-12(10)17/h2-4,13H,5-9H2,1H3,(H,18,20)(H,19,21). The molecule has 2 N–H and O–H groups in total. The summed E-state index contributed by atoms with van der Waals surface area (Å²) in [6, 6.07) is 5.88. The molecule has 3 rings (SSSR count). The van der Waals surface area contributed by atoms with Crippen molar-refractivity contribution >= 4 is 23.4 Å². The largest absolute Gasteiger partial charge is 0.355 e. The lowest BCUT2D eigenvalue weighted by Gasteiger charge is -2.33. The number of amides is 2. The molecule has 0 bridgehead atoms. The SMILES string of the molecule is CC1(C(=O)NC2CCc3c(Cl)cccc32)CCC(=O)NC1. The van der Waals surface area contributed by atoms with Crippen molar-refractivity contribution in [2.24, 2.45) is 5.41 Å². The molecule has 1 aliphatic carbocycles. The molecule has 2 aliphatic rings. The average molecular weight is 307 g/mol. The van der Waals surface area contributed by atoms with Crippen molar-refractivity contribution in [3.8, 4) is 0 Å². The molecule has 2 atom stereocenters. The molecule has 0 saturated carbocycles. The van der Waals surface area contributed by atoms with Gasteiger partial charge in [0.05, 0.1) is 11.5 Å². The molecule has 1 aliphatic heterocycles. The minimum atomic E-state index is -0.519. The van der Waals surface area contributed by atoms with Gasteiger partial charge in [0.1, 0.15) is 0 Å². The predicted octanol–water partition coefficient (Wildman–Crippen LogP) is 2.36. The second kappa shape index (κ2) is 5.34. The number of carbonyl (C=O) groups excluding carboxylic acids is 2. The Kier molecular flexibility index (Phi) is 3.66. The van der Waals surface area contributed by atoms with Gasteiger partial charge in [0.2, 0.25) is 11.8 Å². The van der Waals surface area contributed by atoms with E-state index >= 15 is 0 Å². The lowest BCUT2D eigenvalue weighted by molar-refractivity contribution is -0.135. The van der Waals surface area contributed by atoms with Crippen molar-refractivity contribution in [2.45, 2.75) is 38.6 Å². The van der Waals surface area contributed by atoms with E-state index in [2.05, 4.69) is 10.6 Å². The second-order valence-corrected chi connectivity index (χ2v) is 6.62. The molecule has 2 unspecified atom stereocenters. The van der Waals surface area contributed by atoms with E-state index in [4.69, 9.17) is 11.6 Å². The Morgan fingerprint density at radius 3 is 2.95 bits per heavy atom. The molecule has 1 aromatic carbocycles. The average Bonchev–Trinajstić information content (AvgIpc) is 2.87. The van der Waals surface area contributed by atoms with E-state index in [0.717, 1.165) is 29.0 Å². The van der Waals surface area contributed by atoms with Crippen LogP contribution >= 0.6 is 11.6 Å². The highest BCUT2D eigenvalue weighted by Crippen LogP contribution is 2.36. The van der Waals surface area contributed by atoms with Gasteiger partial charge in [-0.3, -0.25) is 9.59 Å². The third kappa shape index (κ3) is 2.64. The van der Waals surface area contributed by atoms with Gasteiger partial charge in [0.15, 0.2) is 0 Å². The summed E-state index contributed by atoms with van der Waals surface area (Å²) in [5, 5.41) is 6.70. The molecule has 1 fully saturated rings. The maximum atomic E-state index is 12.6. The summed E-state index contributed by atoms with van der Waals surface area (Å²) in [7, 11) is 0. The van der Waals surface area contributed by atoms with Crippen LogP contribution < -0.4 is 10.6 Å². The lowest BCUT2D eigenvalue weighted by atomic mass is 9.81. The Balaban J connectivity index is 1.73. The molecule has 0 spiro atoms. The molecule has 2 amide bonds. The molecular weight excluding hydrogens is 288 g/mol. The van der Waals surface area contributed by atoms with Crippen LogP contribution in [0.25, 0.3) is 0 Å². The number of nitrogens with one attached hydrogen (secondary N) is 2. The highest BCUT2D eigenvalue weighted by Gasteiger charge is 2.38. The van der Waals surface area contributed by atoms with Crippen molar-refractivity contribution in [2.75, 3.05) is 6.54 Å². The van der Waals surface area contributed by atoms with Gasteiger partial charge in [-0.1, -0.05) is 23.7 Å². The zero-order chi connectivity index (χ0) is 15.0. The monoisotopic (exact) mass is 306 g/mol. The summed E-state index contributed by atoms with van der Waals surface area (Å²) in [4.78, 5) is 23.8. The number of carbonyl (C=O) groups is 2. The van der Waals surface area contributed by atoms with Crippen LogP contribution in [0.15, 0.2) is 18.2 Å². The van der Waals surface area contributed by atoms with Crippen molar-refractivity contribution in [3.63, 3.8) is 0 Å². The molecule has 112 valence electrons. The number of benzene rings is 1. The summed E-state index contributed by atoms with van der Waals surface area (Å²) in [5.41, 5.74) is 1.75. The summed E-state index contributed by atoms with van der Waals surface area (Å²) in [6.45, 7) is 2.32. The lowest BCUT2D eigenvalue weighted by Crippen LogP contribution is -2.50. The molecule has 1 aromatic rings. The number of hydrogen-bond acceptors (Lipinski definition) is 2. The Bertz CT molecular complexity index is 590. The summed E-state index contributed by atoms with van der Waals surface area (Å²) in [6.07, 6.45) is 2.79. The fourth-order valence-electron chi connectivity index (χ4n) is 3.15. The van der Waals surface area contributed by atoms with E-state index < -0.39 is 5.41 Å². The van der Waals surface area contributed by atoms with Crippen LogP contribution in [-0.2, 0) is 16.0 Å². The highest BCUT2D eigenvalue weighted by atomic mass is 35.5. The zero-order valence-electron chi connectivity index (χ0n) is 12.0. The molecular formula is C16H19ClN2O2. The molecule has 21 heavy (non-hydrogen) atoms. The fourth-order valence-corrected chi connectivity index (χ4v) is 3.42. The Hall–Kier alpha value is -1.55. The smallest absolute Gasteiger partial charge is 0.228 e. The number of fused-ring (bicyclic) bond motifs is 1. The van der Waals surface area contributed by atoms with E-state index in [1.165, 1.54) is 0 Å². The maximum Gasteiger partial charge on any atom is 0.228 e. The molecule has 0 aromatic heterocycles. The van der Waals surface area contributed by atoms with Gasteiger partial charge in [-0.05, 0) is 43.4 Å². The maximum absolute atomic E-state index is 12.6. The van der Waals surface area contributed by atoms with Crippen LogP contribution in [0.1, 0.15) is 43.4 Å². The van der Waals surface area contributed by atoms with Crippen LogP contribution in [0.5, 0.6) is 0 Å². The third-order valence-electron chi connectivity index (χ3n) is 4.65. The first-order valence-electron chi connectivity index (χ1n) is 7.34. The van der Waals surface area contributed by atoms with E-state index in [1.54, 1.807) is 0 Å². The first-order chi connectivity index (χ1) is 9.99. The van der Waals surface area contributed by atoms with Crippen molar-refractivity contribution in [3.05, 3.63) is 34.3 Å². The quantitative estimate of drug-likeness (QED) is 0.881. The molecule has 1 saturated heterocycles. The molecule has 5 heteroatoms. The van der Waals surface area contributed by atoms with Crippen LogP contribution in [0.3, 0.4) is 0 Å². The van der Waals surface area contributed by atoms with Gasteiger partial charge in [0, 0.05) is 18.0 Å². The number of piperidine rings is 1. The highest BCUT2D eigenvalue weighted by molar-refractivity contribution is 6.31. The first kappa shape index (κ1) is 14.4. The summed E-state index contributed by atoms with van der Waals surface area (Å²) in [5.74, 6) is 0.0404. The third-order valence-corrected chi connectivity index (χ3v) is 5.00. The van der Waals surface area contributed by atoms with Crippen LogP contribution in [0.2, 0.25) is 5.02 Å². The number of rotatable bonds is 2. The topological polar surface area (TPSA) is 58.2 Å². The number of halogens is 1. The number of hydrogen-bond donors (Lipinski definition) is 2. The summed E-state index contributed by atoms with van der Waals surface area (Å²) >= 11 is 6.20. The zero-order valence-corrected chi connectivity index (χ0v) is 12.8. The van der Waals surface area contributed by atoms with Crippen molar-refractivity contribution < 1.29 is 9.59 Å². The Morgan fingerprint density at radius 1 is 1.43 bits per heavy atom. The molecule has 0 radical (unpaired) electrons. The van der Waals surface area contributed by atoms with Crippen LogP contribution in [-0.4, -0.2) is 18.4 Å². The van der Waals surface area contributed by atoms with Crippen molar-refractivity contribution in [1.82, 2.24) is 10.6 Å². The Labute approximate surface area is 129 Å². The fraction of sp³-hybridized carbons (Fsp3) is 0.500. The predicted molar refractivity (Wildman–Crippen MR) is 81.0 cm³/mol. The van der Waals surface area contributed by atoms with Crippen LogP contribution in [0.4, 0.5) is 0 Å². The van der Waals surface area contributed by atoms with Gasteiger partial charge in [0.25, 0.3) is 0 Å². The molecule has 4 nitrogen and oxygen atoms in total. The minimum absolute atomic E-state index is 0.0142. The van der Waals surface area contributed by atoms with E-state index in [1.807, 2.05) is 25.1 Å². The van der Waals surface area contributed by atoms with Crippen molar-refractivity contribution in [1.29, 1.82) is 0 Å². The van der Waals surface area contributed by atoms with E-state index in [0.29, 0.717) is 19.4 Å². The van der Waals surface area contributed by atoms with E-state index in [9.17, 15) is 9.59 Å². The minimum Gasteiger partial charge on any atom is -0.355 e. The van der Waals surface area contributed by atoms with Gasteiger partial charge in [-0.15, -0.1) is 0 Å². The molecule has 1 heterocycles. The second-order valence-electron chi connectivity index (χ2n) is 6.21. The Morgan fingerprint density at radius 2 is 2.24 bits per heavy atom. The summed E-state index contributed by atoms with van der Waals surface area (Å²) < 4.78 is 0. The normalized spacial score (nSPS) is 27.9. The van der Waals surface area contributed by atoms with Crippen LogP contribution in [0, 0.1) is 5.41 Å². The van der Waals surface area contributed by atoms with Gasteiger partial charge in [-0.2, -0.15) is 0 Å². The van der Waals surface area contributed by atoms with Gasteiger partial charge >= 0.3 is 0 Å². The van der Waals surface area contributed by atoms with E-state index in [-0.39, 0.29) is 17.9 Å².